The molecule has 2 aromatic heterocycles. The van der Waals surface area contributed by atoms with Crippen molar-refractivity contribution >= 4 is 33.4 Å². The third kappa shape index (κ3) is 3.47. The summed E-state index contributed by atoms with van der Waals surface area (Å²) in [7, 11) is 5.09. The van der Waals surface area contributed by atoms with E-state index in [-0.39, 0.29) is 11.5 Å². The molecule has 3 aromatic carbocycles. The van der Waals surface area contributed by atoms with Crippen LogP contribution in [0.3, 0.4) is 0 Å². The quantitative estimate of drug-likeness (QED) is 0.384. The molecular weight excluding hydrogens is 416 g/mol. The predicted molar refractivity (Wildman–Crippen MR) is 130 cm³/mol. The molecule has 0 spiro atoms. The number of imidazole rings is 1. The fraction of sp³-hybridized carbons (Fsp3) is 0.154. The minimum absolute atomic E-state index is 0.0736. The molecule has 33 heavy (non-hydrogen) atoms. The van der Waals surface area contributed by atoms with Crippen LogP contribution >= 0.6 is 0 Å². The van der Waals surface area contributed by atoms with Crippen molar-refractivity contribution in [1.82, 2.24) is 14.1 Å². The number of H-pyrrole nitrogens is 1. The van der Waals surface area contributed by atoms with Crippen molar-refractivity contribution in [2.24, 2.45) is 14.1 Å². The third-order valence-corrected chi connectivity index (χ3v) is 6.13. The Hall–Kier alpha value is -4.26. The number of aromatic nitrogens is 3. The molecule has 1 atom stereocenters. The zero-order valence-electron chi connectivity index (χ0n) is 18.6. The number of para-hydroxylation sites is 1. The van der Waals surface area contributed by atoms with Crippen molar-refractivity contribution in [2.45, 2.75) is 6.04 Å². The second-order valence-corrected chi connectivity index (χ2v) is 8.07. The van der Waals surface area contributed by atoms with Crippen molar-refractivity contribution in [3.63, 3.8) is 0 Å². The first-order valence-corrected chi connectivity index (χ1v) is 10.6. The van der Waals surface area contributed by atoms with Gasteiger partial charge in [0, 0.05) is 48.5 Å². The normalized spacial score (nSPS) is 12.2. The Bertz CT molecular complexity index is 1560. The summed E-state index contributed by atoms with van der Waals surface area (Å²) >= 11 is 0. The van der Waals surface area contributed by atoms with Crippen LogP contribution < -0.4 is 15.7 Å². The van der Waals surface area contributed by atoms with Crippen molar-refractivity contribution in [3.8, 4) is 5.75 Å². The molecule has 0 aliphatic rings. The number of nitrogens with one attached hydrogen (secondary N) is 2. The highest BCUT2D eigenvalue weighted by atomic mass is 16.5. The summed E-state index contributed by atoms with van der Waals surface area (Å²) in [5.41, 5.74) is 4.50. The van der Waals surface area contributed by atoms with E-state index in [1.165, 1.54) is 0 Å². The average Bonchev–Trinajstić information content (AvgIpc) is 3.37. The van der Waals surface area contributed by atoms with Gasteiger partial charge in [0.25, 0.3) is 0 Å². The van der Waals surface area contributed by atoms with E-state index in [9.17, 15) is 9.59 Å². The molecule has 2 heterocycles. The Labute approximate surface area is 190 Å². The summed E-state index contributed by atoms with van der Waals surface area (Å²) in [6, 6.07) is 20.2. The summed E-state index contributed by atoms with van der Waals surface area (Å²) in [4.78, 5) is 29.5. The highest BCUT2D eigenvalue weighted by Gasteiger charge is 2.25. The van der Waals surface area contributed by atoms with Crippen LogP contribution in [0.2, 0.25) is 0 Å². The monoisotopic (exact) mass is 440 g/mol. The third-order valence-electron chi connectivity index (χ3n) is 6.13. The van der Waals surface area contributed by atoms with Crippen molar-refractivity contribution < 1.29 is 9.53 Å². The molecule has 0 saturated heterocycles. The number of aromatic amines is 1. The standard InChI is InChI=1S/C26H24N4O3/c1-29-22-12-11-16(13-23(22)30(2)26(29)32)24(28-17-7-6-8-18(14-17)33-3)25(31)20-15-27-21-10-5-4-9-19(20)21/h4-15,24,27-28H,1-3H3. The van der Waals surface area contributed by atoms with E-state index in [0.29, 0.717) is 11.3 Å². The number of rotatable bonds is 6. The number of carbonyl (C=O) groups is 1. The zero-order chi connectivity index (χ0) is 23.1. The molecule has 2 N–H and O–H groups in total. The van der Waals surface area contributed by atoms with Gasteiger partial charge in [0.05, 0.1) is 18.1 Å². The predicted octanol–water partition coefficient (Wildman–Crippen LogP) is 4.40. The number of benzene rings is 3. The number of aryl methyl sites for hydroxylation is 2. The Balaban J connectivity index is 1.65. The molecule has 0 aliphatic carbocycles. The summed E-state index contributed by atoms with van der Waals surface area (Å²) in [6.07, 6.45) is 1.75. The lowest BCUT2D eigenvalue weighted by molar-refractivity contribution is 0.0971. The van der Waals surface area contributed by atoms with Crippen molar-refractivity contribution in [2.75, 3.05) is 12.4 Å². The minimum atomic E-state index is -0.670. The van der Waals surface area contributed by atoms with Gasteiger partial charge >= 0.3 is 5.69 Å². The molecule has 0 saturated carbocycles. The molecule has 0 radical (unpaired) electrons. The minimum Gasteiger partial charge on any atom is -0.497 e. The van der Waals surface area contributed by atoms with Crippen LogP contribution in [0.1, 0.15) is 22.0 Å². The molecule has 0 amide bonds. The van der Waals surface area contributed by atoms with Gasteiger partial charge in [0.1, 0.15) is 11.8 Å². The number of fused-ring (bicyclic) bond motifs is 2. The molecule has 7 heteroatoms. The summed E-state index contributed by atoms with van der Waals surface area (Å²) in [5, 5.41) is 4.26. The fourth-order valence-electron chi connectivity index (χ4n) is 4.31. The van der Waals surface area contributed by atoms with Gasteiger partial charge in [-0.15, -0.1) is 0 Å². The van der Waals surface area contributed by atoms with E-state index in [1.54, 1.807) is 36.5 Å². The van der Waals surface area contributed by atoms with Gasteiger partial charge < -0.3 is 15.0 Å². The summed E-state index contributed by atoms with van der Waals surface area (Å²) < 4.78 is 8.55. The lowest BCUT2D eigenvalue weighted by Crippen LogP contribution is -2.21. The maximum absolute atomic E-state index is 13.9. The second-order valence-electron chi connectivity index (χ2n) is 8.07. The Kier molecular flexibility index (Phi) is 5.01. The van der Waals surface area contributed by atoms with Gasteiger partial charge in [-0.05, 0) is 35.9 Å². The van der Waals surface area contributed by atoms with Crippen molar-refractivity contribution in [1.29, 1.82) is 0 Å². The fourth-order valence-corrected chi connectivity index (χ4v) is 4.31. The van der Waals surface area contributed by atoms with Crippen LogP contribution in [0.25, 0.3) is 21.9 Å². The van der Waals surface area contributed by atoms with Gasteiger partial charge in [-0.25, -0.2) is 4.79 Å². The number of ketones is 1. The lowest BCUT2D eigenvalue weighted by atomic mass is 9.96. The zero-order valence-corrected chi connectivity index (χ0v) is 18.6. The number of methoxy groups -OCH3 is 1. The molecule has 5 rings (SSSR count). The topological polar surface area (TPSA) is 81.1 Å². The van der Waals surface area contributed by atoms with E-state index >= 15 is 0 Å². The molecule has 0 aliphatic heterocycles. The van der Waals surface area contributed by atoms with E-state index in [4.69, 9.17) is 4.74 Å². The van der Waals surface area contributed by atoms with Crippen LogP contribution in [0.4, 0.5) is 5.69 Å². The number of ether oxygens (including phenoxy) is 1. The van der Waals surface area contributed by atoms with Crippen LogP contribution in [0.15, 0.2) is 77.7 Å². The van der Waals surface area contributed by atoms with E-state index in [0.717, 1.165) is 33.2 Å². The van der Waals surface area contributed by atoms with Crippen LogP contribution in [0, 0.1) is 0 Å². The van der Waals surface area contributed by atoms with Gasteiger partial charge in [0.15, 0.2) is 5.78 Å². The second kappa shape index (κ2) is 8.02. The number of Topliss-reactive ketones (excluding diaryl/α,β-unsaturated/α-hetero) is 1. The lowest BCUT2D eigenvalue weighted by Gasteiger charge is -2.20. The Morgan fingerprint density at radius 3 is 2.58 bits per heavy atom. The highest BCUT2D eigenvalue weighted by molar-refractivity contribution is 6.11. The number of nitrogens with zero attached hydrogens (tertiary/aromatic N) is 2. The summed E-state index contributed by atoms with van der Waals surface area (Å²) in [5.74, 6) is 0.620. The highest BCUT2D eigenvalue weighted by Crippen LogP contribution is 2.30. The number of anilines is 1. The van der Waals surface area contributed by atoms with Crippen LogP contribution in [-0.2, 0) is 14.1 Å². The van der Waals surface area contributed by atoms with E-state index in [1.807, 2.05) is 66.7 Å². The molecule has 0 fully saturated rings. The maximum Gasteiger partial charge on any atom is 0.328 e. The smallest absolute Gasteiger partial charge is 0.328 e. The van der Waals surface area contributed by atoms with Gasteiger partial charge in [-0.1, -0.05) is 30.3 Å². The first-order chi connectivity index (χ1) is 16.0. The Morgan fingerprint density at radius 2 is 1.76 bits per heavy atom. The van der Waals surface area contributed by atoms with Crippen molar-refractivity contribution in [3.05, 3.63) is 94.5 Å². The number of hydrogen-bond donors (Lipinski definition) is 2. The van der Waals surface area contributed by atoms with E-state index in [2.05, 4.69) is 10.3 Å². The molecule has 0 bridgehead atoms. The molecule has 166 valence electrons. The Morgan fingerprint density at radius 1 is 0.970 bits per heavy atom. The number of hydrogen-bond acceptors (Lipinski definition) is 4. The largest absolute Gasteiger partial charge is 0.497 e. The molecule has 7 nitrogen and oxygen atoms in total. The first-order valence-electron chi connectivity index (χ1n) is 10.6. The molecule has 5 aromatic rings. The molecule has 1 unspecified atom stereocenters. The van der Waals surface area contributed by atoms with Gasteiger partial charge in [-0.3, -0.25) is 13.9 Å². The van der Waals surface area contributed by atoms with Gasteiger partial charge in [-0.2, -0.15) is 0 Å². The van der Waals surface area contributed by atoms with Crippen LogP contribution in [-0.4, -0.2) is 27.0 Å². The SMILES string of the molecule is COc1cccc(NC(C(=O)c2c[nH]c3ccccc23)c2ccc3c(c2)n(C)c(=O)n3C)c1. The average molecular weight is 441 g/mol. The number of carbonyl (C=O) groups excluding carboxylic acids is 1. The molecular formula is C26H24N4O3. The first kappa shape index (κ1) is 20.6. The maximum atomic E-state index is 13.9. The summed E-state index contributed by atoms with van der Waals surface area (Å²) in [6.45, 7) is 0. The van der Waals surface area contributed by atoms with Gasteiger partial charge in [0.2, 0.25) is 0 Å². The van der Waals surface area contributed by atoms with E-state index < -0.39 is 6.04 Å². The van der Waals surface area contributed by atoms with Crippen LogP contribution in [0.5, 0.6) is 5.75 Å².